The Bertz CT molecular complexity index is 1330. The van der Waals surface area contributed by atoms with Gasteiger partial charge in [-0.15, -0.1) is 5.75 Å². The summed E-state index contributed by atoms with van der Waals surface area (Å²) in [5, 5.41) is 14.6. The van der Waals surface area contributed by atoms with E-state index in [1.165, 1.54) is 18.4 Å². The van der Waals surface area contributed by atoms with Crippen LogP contribution in [-0.4, -0.2) is 13.2 Å². The topological polar surface area (TPSA) is 32.3 Å². The van der Waals surface area contributed by atoms with Crippen LogP contribution in [0.4, 0.5) is 0 Å². The third kappa shape index (κ3) is 8.28. The maximum absolute atomic E-state index is 14.6. The van der Waals surface area contributed by atoms with Crippen molar-refractivity contribution in [2.45, 2.75) is 50.9 Å². The molecule has 0 aliphatic carbocycles. The first-order valence-corrected chi connectivity index (χ1v) is 15.1. The summed E-state index contributed by atoms with van der Waals surface area (Å²) in [4.78, 5) is 0. The summed E-state index contributed by atoms with van der Waals surface area (Å²) in [6, 6.07) is 45.9. The molecule has 0 saturated carbocycles. The Morgan fingerprint density at radius 1 is 0.535 bits per heavy atom. The summed E-state index contributed by atoms with van der Waals surface area (Å²) < 4.78 is 4.94. The van der Waals surface area contributed by atoms with Crippen LogP contribution in [-0.2, 0) is 10.2 Å². The van der Waals surface area contributed by atoms with Gasteiger partial charge < -0.3 is 9.84 Å². The molecule has 3 heteroatoms. The molecule has 5 aromatic carbocycles. The first-order chi connectivity index (χ1) is 20.4. The number of benzene rings is 5. The minimum atomic E-state index is -0.150. The van der Waals surface area contributed by atoms with Crippen molar-refractivity contribution in [1.29, 1.82) is 0 Å². The van der Waals surface area contributed by atoms with Crippen molar-refractivity contribution in [1.82, 2.24) is 0 Å². The van der Waals surface area contributed by atoms with Crippen LogP contribution >= 0.6 is 0 Å². The molecule has 0 bridgehead atoms. The molecule has 0 N–H and O–H groups in total. The molecule has 1 fully saturated rings. The van der Waals surface area contributed by atoms with Gasteiger partial charge in [-0.05, 0) is 57.2 Å². The van der Waals surface area contributed by atoms with Crippen molar-refractivity contribution in [2.75, 3.05) is 13.2 Å². The zero-order chi connectivity index (χ0) is 29.4. The average Bonchev–Trinajstić information content (AvgIpc) is 3.61. The van der Waals surface area contributed by atoms with Gasteiger partial charge in [-0.1, -0.05) is 154 Å². The third-order valence-electron chi connectivity index (χ3n) is 7.99. The van der Waals surface area contributed by atoms with Gasteiger partial charge >= 0.3 is 29.6 Å². The minimum Gasteiger partial charge on any atom is -0.872 e. The van der Waals surface area contributed by atoms with Gasteiger partial charge in [-0.3, -0.25) is 0 Å². The molecular formula is C40H41NaO2. The van der Waals surface area contributed by atoms with Gasteiger partial charge in [0, 0.05) is 25.0 Å². The Balaban J connectivity index is 0.000000641. The minimum absolute atomic E-state index is 0. The van der Waals surface area contributed by atoms with Crippen molar-refractivity contribution < 1.29 is 39.4 Å². The van der Waals surface area contributed by atoms with Crippen LogP contribution in [0.5, 0.6) is 5.75 Å². The third-order valence-corrected chi connectivity index (χ3v) is 7.99. The van der Waals surface area contributed by atoms with Gasteiger partial charge in [0.1, 0.15) is 0 Å². The standard InChI is InChI=1S/C36H34O.C4H8O.Na/c1-36(2,3)30-24-31(33(26-16-8-4-9-17-26)27-18-10-5-11-19-27)35(37)32(25-30)34(28-20-12-6-13-21-28)29-22-14-7-15-23-29;1-2-4-5-3-1;/h4-25,33-34,37H,1-3H3;1-4H2;/q;;+1/p-1. The summed E-state index contributed by atoms with van der Waals surface area (Å²) in [6.45, 7) is 8.67. The molecule has 0 unspecified atom stereocenters. The average molecular weight is 577 g/mol. The Hall–Kier alpha value is -3.14. The van der Waals surface area contributed by atoms with E-state index in [9.17, 15) is 5.11 Å². The van der Waals surface area contributed by atoms with Crippen molar-refractivity contribution >= 4 is 0 Å². The molecule has 0 atom stereocenters. The molecule has 1 heterocycles. The van der Waals surface area contributed by atoms with Crippen LogP contribution in [0.1, 0.15) is 84.4 Å². The summed E-state index contributed by atoms with van der Waals surface area (Å²) in [5.41, 5.74) is 7.21. The Kier molecular flexibility index (Phi) is 11.8. The maximum atomic E-state index is 14.6. The molecule has 1 aliphatic rings. The molecule has 2 nitrogen and oxygen atoms in total. The maximum Gasteiger partial charge on any atom is 1.00 e. The number of rotatable bonds is 6. The van der Waals surface area contributed by atoms with E-state index >= 15 is 0 Å². The molecule has 43 heavy (non-hydrogen) atoms. The second-order valence-corrected chi connectivity index (χ2v) is 12.1. The molecule has 5 aromatic rings. The number of ether oxygens (including phenoxy) is 1. The number of hydrogen-bond acceptors (Lipinski definition) is 2. The van der Waals surface area contributed by atoms with E-state index in [2.05, 4.69) is 130 Å². The molecule has 1 saturated heterocycles. The van der Waals surface area contributed by atoms with E-state index in [1.807, 2.05) is 24.3 Å². The van der Waals surface area contributed by atoms with E-state index in [1.54, 1.807) is 0 Å². The van der Waals surface area contributed by atoms with Crippen LogP contribution in [0.3, 0.4) is 0 Å². The van der Waals surface area contributed by atoms with E-state index in [-0.39, 0.29) is 52.6 Å². The van der Waals surface area contributed by atoms with Crippen molar-refractivity contribution in [3.05, 3.63) is 172 Å². The summed E-state index contributed by atoms with van der Waals surface area (Å²) in [5.74, 6) is -0.185. The van der Waals surface area contributed by atoms with Crippen molar-refractivity contribution in [3.63, 3.8) is 0 Å². The Morgan fingerprint density at radius 2 is 0.837 bits per heavy atom. The Morgan fingerprint density at radius 3 is 1.07 bits per heavy atom. The predicted molar refractivity (Wildman–Crippen MR) is 172 cm³/mol. The molecule has 0 aromatic heterocycles. The molecule has 6 rings (SSSR count). The second-order valence-electron chi connectivity index (χ2n) is 12.1. The van der Waals surface area contributed by atoms with E-state index in [0.29, 0.717) is 0 Å². The molecule has 214 valence electrons. The van der Waals surface area contributed by atoms with Crippen molar-refractivity contribution in [3.8, 4) is 5.75 Å². The SMILES string of the molecule is C1CCOC1.CC(C)(C)c1cc(C(c2ccccc2)c2ccccc2)c([O-])c(C(c2ccccc2)c2ccccc2)c1.[Na+]. The fourth-order valence-electron chi connectivity index (χ4n) is 5.73. The van der Waals surface area contributed by atoms with E-state index in [4.69, 9.17) is 4.74 Å². The predicted octanol–water partition coefficient (Wildman–Crippen LogP) is 6.22. The van der Waals surface area contributed by atoms with Crippen LogP contribution in [0, 0.1) is 0 Å². The van der Waals surface area contributed by atoms with Gasteiger partial charge in [0.05, 0.1) is 0 Å². The molecule has 0 amide bonds. The van der Waals surface area contributed by atoms with E-state index < -0.39 is 0 Å². The van der Waals surface area contributed by atoms with Gasteiger partial charge in [0.15, 0.2) is 0 Å². The van der Waals surface area contributed by atoms with E-state index in [0.717, 1.165) is 46.6 Å². The van der Waals surface area contributed by atoms with Gasteiger partial charge in [-0.2, -0.15) is 0 Å². The first-order valence-electron chi connectivity index (χ1n) is 15.1. The summed E-state index contributed by atoms with van der Waals surface area (Å²) >= 11 is 0. The summed E-state index contributed by atoms with van der Waals surface area (Å²) in [7, 11) is 0. The Labute approximate surface area is 280 Å². The fourth-order valence-corrected chi connectivity index (χ4v) is 5.73. The quantitative estimate of drug-likeness (QED) is 0.178. The van der Waals surface area contributed by atoms with Crippen LogP contribution in [0.2, 0.25) is 0 Å². The van der Waals surface area contributed by atoms with Crippen LogP contribution in [0.25, 0.3) is 0 Å². The van der Waals surface area contributed by atoms with Crippen LogP contribution < -0.4 is 34.7 Å². The fraction of sp³-hybridized carbons (Fsp3) is 0.250. The van der Waals surface area contributed by atoms with Gasteiger partial charge in [-0.25, -0.2) is 0 Å². The second kappa shape index (κ2) is 15.5. The molecule has 0 radical (unpaired) electrons. The molecule has 0 spiro atoms. The zero-order valence-corrected chi connectivity index (χ0v) is 28.0. The van der Waals surface area contributed by atoms with Gasteiger partial charge in [0.25, 0.3) is 0 Å². The van der Waals surface area contributed by atoms with Crippen molar-refractivity contribution in [2.24, 2.45) is 0 Å². The van der Waals surface area contributed by atoms with Crippen LogP contribution in [0.15, 0.2) is 133 Å². The normalized spacial score (nSPS) is 12.9. The summed E-state index contributed by atoms with van der Waals surface area (Å²) in [6.07, 6.45) is 2.56. The zero-order valence-electron chi connectivity index (χ0n) is 26.0. The molecule has 1 aliphatic heterocycles. The monoisotopic (exact) mass is 576 g/mol. The number of hydrogen-bond donors (Lipinski definition) is 0. The smallest absolute Gasteiger partial charge is 0.872 e. The molecular weight excluding hydrogens is 535 g/mol. The first kappa shape index (κ1) is 32.8. The van der Waals surface area contributed by atoms with Gasteiger partial charge in [0.2, 0.25) is 0 Å². The largest absolute Gasteiger partial charge is 1.00 e.